The van der Waals surface area contributed by atoms with E-state index in [0.29, 0.717) is 13.0 Å². The van der Waals surface area contributed by atoms with Crippen molar-refractivity contribution >= 4 is 5.97 Å². The van der Waals surface area contributed by atoms with Crippen LogP contribution in [0.1, 0.15) is 309 Å². The van der Waals surface area contributed by atoms with Crippen molar-refractivity contribution in [2.75, 3.05) is 26.4 Å². The molecule has 0 saturated carbocycles. The zero-order valence-electron chi connectivity index (χ0n) is 47.5. The van der Waals surface area contributed by atoms with Gasteiger partial charge in [0.15, 0.2) is 6.29 Å². The molecule has 1 rings (SSSR count). The molecular formula is C63H120O9. The summed E-state index contributed by atoms with van der Waals surface area (Å²) in [6.45, 7) is 4.63. The highest BCUT2D eigenvalue weighted by Crippen LogP contribution is 2.23. The van der Waals surface area contributed by atoms with E-state index in [2.05, 4.69) is 38.2 Å². The number of carbonyl (C=O) groups excluding carboxylic acids is 1. The number of unbranched alkanes of at least 4 members (excludes halogenated alkanes) is 41. The lowest BCUT2D eigenvalue weighted by molar-refractivity contribution is -0.305. The molecular weight excluding hydrogens is 901 g/mol. The first-order valence-corrected chi connectivity index (χ1v) is 31.4. The molecule has 0 aromatic rings. The lowest BCUT2D eigenvalue weighted by atomic mass is 9.99. The molecule has 9 nitrogen and oxygen atoms in total. The average Bonchev–Trinajstić information content (AvgIpc) is 3.38. The van der Waals surface area contributed by atoms with Gasteiger partial charge in [0.05, 0.1) is 19.8 Å². The quantitative estimate of drug-likeness (QED) is 0.0267. The molecule has 1 heterocycles. The van der Waals surface area contributed by atoms with Crippen LogP contribution < -0.4 is 0 Å². The number of hydrogen-bond donors (Lipinski definition) is 4. The fourth-order valence-electron chi connectivity index (χ4n) is 9.96. The Morgan fingerprint density at radius 1 is 0.431 bits per heavy atom. The standard InChI is InChI=1S/C63H120O9/c1-3-5-7-9-11-13-15-17-19-21-23-25-27-29-30-32-34-36-38-40-42-44-46-48-50-52-59(65)71-57(56-70-63-62(68)61(67)60(66)58(54-64)72-63)55-69-53-51-49-47-45-43-41-39-37-35-33-31-28-26-24-22-20-18-16-14-12-10-8-6-4-2/h21-24,57-58,60-64,66-68H,3-20,25-56H2,1-2H3/b23-21-,24-22-. The minimum Gasteiger partial charge on any atom is -0.457 e. The van der Waals surface area contributed by atoms with E-state index >= 15 is 0 Å². The molecule has 4 N–H and O–H groups in total. The molecule has 1 aliphatic rings. The smallest absolute Gasteiger partial charge is 0.306 e. The number of aliphatic hydroxyl groups is 4. The first-order valence-electron chi connectivity index (χ1n) is 31.4. The molecule has 1 fully saturated rings. The highest BCUT2D eigenvalue weighted by Gasteiger charge is 2.44. The summed E-state index contributed by atoms with van der Waals surface area (Å²) in [7, 11) is 0. The van der Waals surface area contributed by atoms with Crippen LogP contribution in [0.3, 0.4) is 0 Å². The van der Waals surface area contributed by atoms with Crippen molar-refractivity contribution in [3.05, 3.63) is 24.3 Å². The van der Waals surface area contributed by atoms with Crippen molar-refractivity contribution in [2.45, 2.75) is 346 Å². The van der Waals surface area contributed by atoms with Gasteiger partial charge in [0.1, 0.15) is 30.5 Å². The van der Waals surface area contributed by atoms with Gasteiger partial charge < -0.3 is 39.4 Å². The van der Waals surface area contributed by atoms with Gasteiger partial charge in [-0.15, -0.1) is 0 Å². The van der Waals surface area contributed by atoms with Crippen molar-refractivity contribution < 1.29 is 44.2 Å². The number of hydrogen-bond acceptors (Lipinski definition) is 9. The number of ether oxygens (including phenoxy) is 4. The van der Waals surface area contributed by atoms with E-state index in [4.69, 9.17) is 18.9 Å². The van der Waals surface area contributed by atoms with Crippen molar-refractivity contribution in [1.82, 2.24) is 0 Å². The summed E-state index contributed by atoms with van der Waals surface area (Å²) in [6.07, 6.45) is 61.0. The second kappa shape index (κ2) is 54.5. The molecule has 1 saturated heterocycles. The molecule has 0 spiro atoms. The van der Waals surface area contributed by atoms with Gasteiger partial charge in [-0.2, -0.15) is 0 Å². The van der Waals surface area contributed by atoms with Crippen molar-refractivity contribution in [3.8, 4) is 0 Å². The molecule has 0 aliphatic carbocycles. The minimum atomic E-state index is -1.54. The molecule has 0 radical (unpaired) electrons. The Balaban J connectivity index is 2.11. The van der Waals surface area contributed by atoms with Crippen LogP contribution in [0.2, 0.25) is 0 Å². The second-order valence-corrected chi connectivity index (χ2v) is 21.9. The summed E-state index contributed by atoms with van der Waals surface area (Å²) in [6, 6.07) is 0. The van der Waals surface area contributed by atoms with Crippen LogP contribution in [0.5, 0.6) is 0 Å². The highest BCUT2D eigenvalue weighted by atomic mass is 16.7. The van der Waals surface area contributed by atoms with Gasteiger partial charge >= 0.3 is 5.97 Å². The largest absolute Gasteiger partial charge is 0.457 e. The van der Waals surface area contributed by atoms with Crippen LogP contribution in [0.4, 0.5) is 0 Å². The van der Waals surface area contributed by atoms with Crippen LogP contribution in [0.25, 0.3) is 0 Å². The van der Waals surface area contributed by atoms with E-state index < -0.39 is 43.4 Å². The van der Waals surface area contributed by atoms with Gasteiger partial charge in [-0.05, 0) is 64.2 Å². The molecule has 0 amide bonds. The Hall–Kier alpha value is -1.33. The van der Waals surface area contributed by atoms with Crippen LogP contribution >= 0.6 is 0 Å². The van der Waals surface area contributed by atoms with Gasteiger partial charge in [-0.25, -0.2) is 0 Å². The predicted molar refractivity (Wildman–Crippen MR) is 302 cm³/mol. The van der Waals surface area contributed by atoms with Crippen molar-refractivity contribution in [2.24, 2.45) is 0 Å². The van der Waals surface area contributed by atoms with Gasteiger partial charge in [0, 0.05) is 13.0 Å². The van der Waals surface area contributed by atoms with Crippen LogP contribution in [-0.2, 0) is 23.7 Å². The summed E-state index contributed by atoms with van der Waals surface area (Å²) >= 11 is 0. The zero-order valence-corrected chi connectivity index (χ0v) is 47.5. The Morgan fingerprint density at radius 3 is 1.12 bits per heavy atom. The van der Waals surface area contributed by atoms with E-state index in [0.717, 1.165) is 32.1 Å². The Bertz CT molecular complexity index is 1160. The molecule has 72 heavy (non-hydrogen) atoms. The molecule has 0 aromatic heterocycles. The first kappa shape index (κ1) is 68.7. The molecule has 6 atom stereocenters. The molecule has 6 unspecified atom stereocenters. The lowest BCUT2D eigenvalue weighted by Gasteiger charge is -2.39. The summed E-state index contributed by atoms with van der Waals surface area (Å²) in [5.41, 5.74) is 0. The monoisotopic (exact) mass is 1020 g/mol. The third kappa shape index (κ3) is 43.9. The van der Waals surface area contributed by atoms with E-state index in [-0.39, 0.29) is 19.2 Å². The highest BCUT2D eigenvalue weighted by molar-refractivity contribution is 5.69. The van der Waals surface area contributed by atoms with E-state index in [1.54, 1.807) is 0 Å². The fourth-order valence-corrected chi connectivity index (χ4v) is 9.96. The first-order chi connectivity index (χ1) is 35.4. The predicted octanol–water partition coefficient (Wildman–Crippen LogP) is 16.8. The fraction of sp³-hybridized carbons (Fsp3) is 0.921. The van der Waals surface area contributed by atoms with Gasteiger partial charge in [0.2, 0.25) is 0 Å². The maximum absolute atomic E-state index is 12.9. The topological polar surface area (TPSA) is 135 Å². The SMILES string of the molecule is CCCCCCCCCC/C=C\CCCCCCCCCCCCCCCC(=O)OC(COCCCCCCCCCCCCCC/C=C\CCCCCCCCCC)COC1OC(CO)C(O)C(O)C1O. The maximum atomic E-state index is 12.9. The Morgan fingerprint density at radius 2 is 0.764 bits per heavy atom. The zero-order chi connectivity index (χ0) is 52.1. The number of allylic oxidation sites excluding steroid dienone is 4. The number of rotatable bonds is 56. The Labute approximate surface area is 445 Å². The lowest BCUT2D eigenvalue weighted by Crippen LogP contribution is -2.59. The normalized spacial score (nSPS) is 18.8. The van der Waals surface area contributed by atoms with Crippen LogP contribution in [0, 0.1) is 0 Å². The number of carbonyl (C=O) groups is 1. The van der Waals surface area contributed by atoms with Crippen molar-refractivity contribution in [1.29, 1.82) is 0 Å². The van der Waals surface area contributed by atoms with Gasteiger partial charge in [0.25, 0.3) is 0 Å². The Kier molecular flexibility index (Phi) is 52.0. The van der Waals surface area contributed by atoms with E-state index in [9.17, 15) is 25.2 Å². The summed E-state index contributed by atoms with van der Waals surface area (Å²) in [5.74, 6) is -0.307. The van der Waals surface area contributed by atoms with E-state index in [1.807, 2.05) is 0 Å². The number of aliphatic hydroxyl groups excluding tert-OH is 4. The summed E-state index contributed by atoms with van der Waals surface area (Å²) in [4.78, 5) is 12.9. The molecule has 0 bridgehead atoms. The van der Waals surface area contributed by atoms with Gasteiger partial charge in [-0.3, -0.25) is 4.79 Å². The molecule has 426 valence electrons. The maximum Gasteiger partial charge on any atom is 0.306 e. The second-order valence-electron chi connectivity index (χ2n) is 21.9. The van der Waals surface area contributed by atoms with Crippen LogP contribution in [-0.4, -0.2) is 89.6 Å². The third-order valence-electron chi connectivity index (χ3n) is 14.8. The van der Waals surface area contributed by atoms with Crippen LogP contribution in [0.15, 0.2) is 24.3 Å². The third-order valence-corrected chi connectivity index (χ3v) is 14.8. The minimum absolute atomic E-state index is 0.109. The van der Waals surface area contributed by atoms with Crippen molar-refractivity contribution in [3.63, 3.8) is 0 Å². The van der Waals surface area contributed by atoms with E-state index in [1.165, 1.54) is 257 Å². The van der Waals surface area contributed by atoms with Gasteiger partial charge in [-0.1, -0.05) is 263 Å². The molecule has 0 aromatic carbocycles. The summed E-state index contributed by atoms with van der Waals surface area (Å²) < 4.78 is 23.0. The average molecular weight is 1020 g/mol. The summed E-state index contributed by atoms with van der Waals surface area (Å²) in [5, 5.41) is 40.4. The number of esters is 1. The molecule has 1 aliphatic heterocycles. The molecule has 9 heteroatoms.